The maximum Gasteiger partial charge on any atom is 0.139 e. The van der Waals surface area contributed by atoms with Gasteiger partial charge in [0.05, 0.1) is 13.4 Å². The average Bonchev–Trinajstić information content (AvgIpc) is 2.77. The lowest BCUT2D eigenvalue weighted by Gasteiger charge is -2.15. The van der Waals surface area contributed by atoms with Crippen molar-refractivity contribution >= 4 is 0 Å². The number of aryl methyl sites for hydroxylation is 3. The molecule has 1 unspecified atom stereocenters. The van der Waals surface area contributed by atoms with Crippen molar-refractivity contribution in [3.05, 3.63) is 52.5 Å². The van der Waals surface area contributed by atoms with E-state index in [2.05, 4.69) is 0 Å². The van der Waals surface area contributed by atoms with Crippen molar-refractivity contribution < 1.29 is 14.3 Å². The van der Waals surface area contributed by atoms with E-state index >= 15 is 0 Å². The van der Waals surface area contributed by atoms with Gasteiger partial charge in [0.15, 0.2) is 0 Å². The molecule has 1 aromatic heterocycles. The van der Waals surface area contributed by atoms with Gasteiger partial charge in [-0.25, -0.2) is 0 Å². The van der Waals surface area contributed by atoms with Crippen LogP contribution >= 0.6 is 0 Å². The summed E-state index contributed by atoms with van der Waals surface area (Å²) in [7, 11) is 1.65. The van der Waals surface area contributed by atoms with Crippen LogP contribution in [0.1, 0.15) is 34.1 Å². The van der Waals surface area contributed by atoms with Crippen LogP contribution in [0.4, 0.5) is 0 Å². The molecule has 1 aromatic carbocycles. The second-order valence-corrected chi connectivity index (χ2v) is 4.55. The van der Waals surface area contributed by atoms with Gasteiger partial charge in [-0.05, 0) is 61.2 Å². The molecule has 0 fully saturated rings. The van der Waals surface area contributed by atoms with Gasteiger partial charge in [-0.1, -0.05) is 0 Å². The van der Waals surface area contributed by atoms with Crippen molar-refractivity contribution in [1.82, 2.24) is 0 Å². The normalized spacial score (nSPS) is 12.5. The highest BCUT2D eigenvalue weighted by atomic mass is 16.5. The first-order chi connectivity index (χ1) is 8.54. The van der Waals surface area contributed by atoms with Gasteiger partial charge in [0.2, 0.25) is 0 Å². The summed E-state index contributed by atoms with van der Waals surface area (Å²) in [6, 6.07) is 5.73. The molecule has 3 nitrogen and oxygen atoms in total. The van der Waals surface area contributed by atoms with Crippen molar-refractivity contribution in [1.29, 1.82) is 0 Å². The summed E-state index contributed by atoms with van der Waals surface area (Å²) in [6.07, 6.45) is 0.865. The van der Waals surface area contributed by atoms with Crippen LogP contribution in [-0.2, 0) is 0 Å². The molecule has 0 radical (unpaired) electrons. The first kappa shape index (κ1) is 12.7. The molecular formula is C15H18O3. The van der Waals surface area contributed by atoms with Gasteiger partial charge in [0.25, 0.3) is 0 Å². The van der Waals surface area contributed by atoms with Gasteiger partial charge in [-0.3, -0.25) is 0 Å². The van der Waals surface area contributed by atoms with Crippen LogP contribution in [0.3, 0.4) is 0 Å². The minimum atomic E-state index is -0.732. The number of rotatable bonds is 3. The van der Waals surface area contributed by atoms with E-state index in [-0.39, 0.29) is 0 Å². The first-order valence-corrected chi connectivity index (χ1v) is 5.91. The van der Waals surface area contributed by atoms with E-state index < -0.39 is 6.10 Å². The highest BCUT2D eigenvalue weighted by Crippen LogP contribution is 2.31. The Balaban J connectivity index is 2.46. The Labute approximate surface area is 107 Å². The number of aliphatic hydroxyl groups is 1. The molecule has 2 rings (SSSR count). The summed E-state index contributed by atoms with van der Waals surface area (Å²) in [5.41, 5.74) is 3.80. The van der Waals surface area contributed by atoms with Crippen LogP contribution in [0.5, 0.6) is 5.75 Å². The number of aliphatic hydroxyl groups excluding tert-OH is 1. The van der Waals surface area contributed by atoms with Crippen molar-refractivity contribution in [3.8, 4) is 5.75 Å². The molecule has 18 heavy (non-hydrogen) atoms. The molecule has 0 aliphatic rings. The first-order valence-electron chi connectivity index (χ1n) is 5.91. The molecule has 3 heteroatoms. The monoisotopic (exact) mass is 246 g/mol. The van der Waals surface area contributed by atoms with E-state index in [0.29, 0.717) is 5.76 Å². The lowest BCUT2D eigenvalue weighted by molar-refractivity contribution is 0.187. The van der Waals surface area contributed by atoms with Crippen LogP contribution in [0.25, 0.3) is 0 Å². The van der Waals surface area contributed by atoms with Crippen LogP contribution in [0.2, 0.25) is 0 Å². The number of hydrogen-bond donors (Lipinski definition) is 1. The predicted octanol–water partition coefficient (Wildman–Crippen LogP) is 3.30. The van der Waals surface area contributed by atoms with Crippen molar-refractivity contribution in [2.75, 3.05) is 7.11 Å². The summed E-state index contributed by atoms with van der Waals surface area (Å²) in [6.45, 7) is 5.84. The quantitative estimate of drug-likeness (QED) is 0.903. The predicted molar refractivity (Wildman–Crippen MR) is 70.0 cm³/mol. The second-order valence-electron chi connectivity index (χ2n) is 4.55. The SMILES string of the molecule is COc1cc(C)c(C(O)c2occc2C)cc1C. The Morgan fingerprint density at radius 1 is 1.11 bits per heavy atom. The highest BCUT2D eigenvalue weighted by Gasteiger charge is 2.19. The van der Waals surface area contributed by atoms with Gasteiger partial charge >= 0.3 is 0 Å². The highest BCUT2D eigenvalue weighted by molar-refractivity contribution is 5.44. The van der Waals surface area contributed by atoms with E-state index in [9.17, 15) is 5.11 Å². The average molecular weight is 246 g/mol. The Bertz CT molecular complexity index is 555. The van der Waals surface area contributed by atoms with E-state index in [0.717, 1.165) is 28.0 Å². The molecule has 0 bridgehead atoms. The number of methoxy groups -OCH3 is 1. The van der Waals surface area contributed by atoms with Crippen LogP contribution < -0.4 is 4.74 Å². The Kier molecular flexibility index (Phi) is 3.43. The lowest BCUT2D eigenvalue weighted by atomic mass is 9.97. The summed E-state index contributed by atoms with van der Waals surface area (Å²) < 4.78 is 10.6. The molecule has 0 saturated heterocycles. The third-order valence-corrected chi connectivity index (χ3v) is 3.23. The molecule has 1 atom stereocenters. The zero-order valence-corrected chi connectivity index (χ0v) is 11.2. The number of benzene rings is 1. The smallest absolute Gasteiger partial charge is 0.139 e. The van der Waals surface area contributed by atoms with Crippen LogP contribution in [0.15, 0.2) is 28.9 Å². The number of ether oxygens (including phenoxy) is 1. The molecule has 1 N–H and O–H groups in total. The third kappa shape index (κ3) is 2.14. The van der Waals surface area contributed by atoms with Gasteiger partial charge in [-0.15, -0.1) is 0 Å². The molecule has 2 aromatic rings. The fraction of sp³-hybridized carbons (Fsp3) is 0.333. The maximum absolute atomic E-state index is 10.4. The van der Waals surface area contributed by atoms with Gasteiger partial charge in [0.1, 0.15) is 17.6 Å². The molecule has 0 saturated carbocycles. The number of furan rings is 1. The molecular weight excluding hydrogens is 228 g/mol. The number of hydrogen-bond acceptors (Lipinski definition) is 3. The Morgan fingerprint density at radius 3 is 2.39 bits per heavy atom. The standard InChI is InChI=1S/C15H18O3/c1-9-5-6-18-15(9)14(16)12-7-11(3)13(17-4)8-10(12)2/h5-8,14,16H,1-4H3. The van der Waals surface area contributed by atoms with Gasteiger partial charge < -0.3 is 14.3 Å². The fourth-order valence-electron chi connectivity index (χ4n) is 2.13. The zero-order valence-electron chi connectivity index (χ0n) is 11.2. The molecule has 0 spiro atoms. The summed E-state index contributed by atoms with van der Waals surface area (Å²) >= 11 is 0. The minimum Gasteiger partial charge on any atom is -0.496 e. The van der Waals surface area contributed by atoms with Crippen molar-refractivity contribution in [3.63, 3.8) is 0 Å². The van der Waals surface area contributed by atoms with Crippen LogP contribution in [0, 0.1) is 20.8 Å². The Morgan fingerprint density at radius 2 is 1.83 bits per heavy atom. The van der Waals surface area contributed by atoms with E-state index in [1.54, 1.807) is 13.4 Å². The van der Waals surface area contributed by atoms with Gasteiger partial charge in [0, 0.05) is 0 Å². The molecule has 0 aliphatic heterocycles. The molecule has 1 heterocycles. The zero-order chi connectivity index (χ0) is 13.3. The summed E-state index contributed by atoms with van der Waals surface area (Å²) in [5.74, 6) is 1.43. The third-order valence-electron chi connectivity index (χ3n) is 3.23. The van der Waals surface area contributed by atoms with Crippen molar-refractivity contribution in [2.24, 2.45) is 0 Å². The fourth-order valence-corrected chi connectivity index (χ4v) is 2.13. The molecule has 0 amide bonds. The minimum absolute atomic E-state index is 0.600. The summed E-state index contributed by atoms with van der Waals surface area (Å²) in [4.78, 5) is 0. The second kappa shape index (κ2) is 4.86. The Hall–Kier alpha value is -1.74. The molecule has 96 valence electrons. The van der Waals surface area contributed by atoms with E-state index in [1.165, 1.54) is 0 Å². The summed E-state index contributed by atoms with van der Waals surface area (Å²) in [5, 5.41) is 10.4. The molecule has 0 aliphatic carbocycles. The maximum atomic E-state index is 10.4. The van der Waals surface area contributed by atoms with Crippen LogP contribution in [-0.4, -0.2) is 12.2 Å². The lowest BCUT2D eigenvalue weighted by Crippen LogP contribution is -2.03. The van der Waals surface area contributed by atoms with Gasteiger partial charge in [-0.2, -0.15) is 0 Å². The van der Waals surface area contributed by atoms with E-state index in [1.807, 2.05) is 39.0 Å². The topological polar surface area (TPSA) is 42.6 Å². The van der Waals surface area contributed by atoms with Crippen molar-refractivity contribution in [2.45, 2.75) is 26.9 Å². The largest absolute Gasteiger partial charge is 0.496 e. The van der Waals surface area contributed by atoms with E-state index in [4.69, 9.17) is 9.15 Å².